The van der Waals surface area contributed by atoms with E-state index in [4.69, 9.17) is 0 Å². The lowest BCUT2D eigenvalue weighted by Gasteiger charge is -2.34. The smallest absolute Gasteiger partial charge is 0.274 e. The summed E-state index contributed by atoms with van der Waals surface area (Å²) >= 11 is 0. The molecule has 3 heterocycles. The maximum atomic E-state index is 12.5. The van der Waals surface area contributed by atoms with E-state index in [0.29, 0.717) is 23.3 Å². The maximum absolute atomic E-state index is 12.5. The molecule has 2 unspecified atom stereocenters. The monoisotopic (exact) mass is 285 g/mol. The van der Waals surface area contributed by atoms with E-state index in [1.807, 2.05) is 4.90 Å². The topological polar surface area (TPSA) is 63.9 Å². The van der Waals surface area contributed by atoms with Crippen LogP contribution in [0.1, 0.15) is 30.8 Å². The van der Waals surface area contributed by atoms with Gasteiger partial charge in [-0.3, -0.25) is 9.36 Å². The SMILES string of the molecule is CC1CC(C)CN(C(=O)c2ccc(-n3ccnc3)nn2)C1. The van der Waals surface area contributed by atoms with E-state index in [1.165, 1.54) is 6.42 Å². The first-order valence-electron chi connectivity index (χ1n) is 7.25. The van der Waals surface area contributed by atoms with Crippen LogP contribution in [0, 0.1) is 11.8 Å². The summed E-state index contributed by atoms with van der Waals surface area (Å²) in [5.41, 5.74) is 0.403. The molecule has 0 bridgehead atoms. The molecule has 0 saturated carbocycles. The number of nitrogens with zero attached hydrogens (tertiary/aromatic N) is 5. The third-order valence-corrected chi connectivity index (χ3v) is 3.79. The normalized spacial score (nSPS) is 22.3. The molecule has 1 saturated heterocycles. The van der Waals surface area contributed by atoms with Crippen molar-refractivity contribution in [1.82, 2.24) is 24.6 Å². The van der Waals surface area contributed by atoms with Crippen LogP contribution in [-0.2, 0) is 0 Å². The minimum atomic E-state index is -0.0296. The number of carbonyl (C=O) groups excluding carboxylic acids is 1. The van der Waals surface area contributed by atoms with Crippen molar-refractivity contribution in [2.45, 2.75) is 20.3 Å². The quantitative estimate of drug-likeness (QED) is 0.843. The van der Waals surface area contributed by atoms with Gasteiger partial charge in [-0.25, -0.2) is 4.98 Å². The molecule has 0 spiro atoms. The van der Waals surface area contributed by atoms with Crippen molar-refractivity contribution in [1.29, 1.82) is 0 Å². The molecular weight excluding hydrogens is 266 g/mol. The van der Waals surface area contributed by atoms with E-state index < -0.39 is 0 Å². The first-order valence-corrected chi connectivity index (χ1v) is 7.25. The fraction of sp³-hybridized carbons (Fsp3) is 0.467. The number of rotatable bonds is 2. The number of imidazole rings is 1. The first-order chi connectivity index (χ1) is 10.1. The Morgan fingerprint density at radius 3 is 2.52 bits per heavy atom. The molecule has 2 aromatic heterocycles. The predicted octanol–water partition coefficient (Wildman–Crippen LogP) is 1.78. The molecule has 1 aliphatic rings. The van der Waals surface area contributed by atoms with Gasteiger partial charge in [0.2, 0.25) is 0 Å². The van der Waals surface area contributed by atoms with Gasteiger partial charge in [0.1, 0.15) is 6.33 Å². The summed E-state index contributed by atoms with van der Waals surface area (Å²) in [6.45, 7) is 5.97. The minimum Gasteiger partial charge on any atom is -0.337 e. The van der Waals surface area contributed by atoms with E-state index in [0.717, 1.165) is 13.1 Å². The molecule has 110 valence electrons. The molecule has 2 aromatic rings. The molecular formula is C15H19N5O. The van der Waals surface area contributed by atoms with Crippen molar-refractivity contribution in [3.8, 4) is 5.82 Å². The van der Waals surface area contributed by atoms with Crippen molar-refractivity contribution in [2.75, 3.05) is 13.1 Å². The highest BCUT2D eigenvalue weighted by atomic mass is 16.2. The molecule has 21 heavy (non-hydrogen) atoms. The van der Waals surface area contributed by atoms with Crippen LogP contribution in [-0.4, -0.2) is 43.6 Å². The van der Waals surface area contributed by atoms with E-state index >= 15 is 0 Å². The van der Waals surface area contributed by atoms with Gasteiger partial charge in [-0.05, 0) is 30.4 Å². The molecule has 1 fully saturated rings. The molecule has 2 atom stereocenters. The highest BCUT2D eigenvalue weighted by Gasteiger charge is 2.26. The second-order valence-corrected chi connectivity index (χ2v) is 5.90. The number of amides is 1. The number of likely N-dealkylation sites (tertiary alicyclic amines) is 1. The molecule has 6 nitrogen and oxygen atoms in total. The van der Waals surface area contributed by atoms with Crippen molar-refractivity contribution in [3.63, 3.8) is 0 Å². The van der Waals surface area contributed by atoms with Crippen LogP contribution in [0.4, 0.5) is 0 Å². The fourth-order valence-corrected chi connectivity index (χ4v) is 2.96. The van der Waals surface area contributed by atoms with E-state index in [2.05, 4.69) is 29.0 Å². The van der Waals surface area contributed by atoms with Gasteiger partial charge >= 0.3 is 0 Å². The number of hydrogen-bond donors (Lipinski definition) is 0. The van der Waals surface area contributed by atoms with Crippen LogP contribution < -0.4 is 0 Å². The summed E-state index contributed by atoms with van der Waals surface area (Å²) in [4.78, 5) is 18.3. The molecule has 6 heteroatoms. The van der Waals surface area contributed by atoms with Crippen LogP contribution in [0.5, 0.6) is 0 Å². The summed E-state index contributed by atoms with van der Waals surface area (Å²) in [5, 5.41) is 8.17. The summed E-state index contributed by atoms with van der Waals surface area (Å²) in [6, 6.07) is 3.52. The van der Waals surface area contributed by atoms with Crippen molar-refractivity contribution < 1.29 is 4.79 Å². The second kappa shape index (κ2) is 5.63. The third kappa shape index (κ3) is 2.94. The Morgan fingerprint density at radius 2 is 1.95 bits per heavy atom. The van der Waals surface area contributed by atoms with Crippen molar-refractivity contribution >= 4 is 5.91 Å². The Bertz CT molecular complexity index is 598. The third-order valence-electron chi connectivity index (χ3n) is 3.79. The van der Waals surface area contributed by atoms with Gasteiger partial charge in [-0.2, -0.15) is 0 Å². The highest BCUT2D eigenvalue weighted by Crippen LogP contribution is 2.22. The molecule has 0 aromatic carbocycles. The van der Waals surface area contributed by atoms with Crippen LogP contribution in [0.3, 0.4) is 0 Å². The van der Waals surface area contributed by atoms with Crippen LogP contribution in [0.15, 0.2) is 30.9 Å². The zero-order valence-corrected chi connectivity index (χ0v) is 12.3. The summed E-state index contributed by atoms with van der Waals surface area (Å²) in [6.07, 6.45) is 6.30. The average Bonchev–Trinajstić information content (AvgIpc) is 3.00. The summed E-state index contributed by atoms with van der Waals surface area (Å²) in [7, 11) is 0. The van der Waals surface area contributed by atoms with Crippen molar-refractivity contribution in [2.24, 2.45) is 11.8 Å². The zero-order valence-electron chi connectivity index (χ0n) is 12.3. The minimum absolute atomic E-state index is 0.0296. The number of aromatic nitrogens is 4. The number of hydrogen-bond acceptors (Lipinski definition) is 4. The van der Waals surface area contributed by atoms with Gasteiger partial charge in [-0.15, -0.1) is 10.2 Å². The van der Waals surface area contributed by atoms with E-state index in [1.54, 1.807) is 35.4 Å². The van der Waals surface area contributed by atoms with Crippen LogP contribution in [0.2, 0.25) is 0 Å². The summed E-state index contributed by atoms with van der Waals surface area (Å²) < 4.78 is 1.76. The molecule has 1 aliphatic heterocycles. The predicted molar refractivity (Wildman–Crippen MR) is 78.0 cm³/mol. The van der Waals surface area contributed by atoms with Gasteiger partial charge in [0.25, 0.3) is 5.91 Å². The van der Waals surface area contributed by atoms with Gasteiger partial charge in [0.15, 0.2) is 11.5 Å². The summed E-state index contributed by atoms with van der Waals surface area (Å²) in [5.74, 6) is 1.70. The average molecular weight is 285 g/mol. The molecule has 3 rings (SSSR count). The van der Waals surface area contributed by atoms with Crippen molar-refractivity contribution in [3.05, 3.63) is 36.5 Å². The highest BCUT2D eigenvalue weighted by molar-refractivity contribution is 5.92. The molecule has 0 N–H and O–H groups in total. The van der Waals surface area contributed by atoms with Gasteiger partial charge in [0, 0.05) is 25.5 Å². The lowest BCUT2D eigenvalue weighted by molar-refractivity contribution is 0.0616. The number of piperidine rings is 1. The Labute approximate surface area is 123 Å². The maximum Gasteiger partial charge on any atom is 0.274 e. The Kier molecular flexibility index (Phi) is 3.68. The zero-order chi connectivity index (χ0) is 14.8. The van der Waals surface area contributed by atoms with Crippen LogP contribution >= 0.6 is 0 Å². The van der Waals surface area contributed by atoms with Crippen LogP contribution in [0.25, 0.3) is 5.82 Å². The lowest BCUT2D eigenvalue weighted by Crippen LogP contribution is -2.42. The molecule has 0 aliphatic carbocycles. The van der Waals surface area contributed by atoms with E-state index in [-0.39, 0.29) is 5.91 Å². The van der Waals surface area contributed by atoms with Gasteiger partial charge in [0.05, 0.1) is 0 Å². The Hall–Kier alpha value is -2.24. The second-order valence-electron chi connectivity index (χ2n) is 5.90. The van der Waals surface area contributed by atoms with E-state index in [9.17, 15) is 4.79 Å². The van der Waals surface area contributed by atoms with Gasteiger partial charge < -0.3 is 4.90 Å². The molecule has 1 amide bonds. The molecule has 0 radical (unpaired) electrons. The lowest BCUT2D eigenvalue weighted by atomic mass is 9.92. The van der Waals surface area contributed by atoms with Gasteiger partial charge in [-0.1, -0.05) is 13.8 Å². The standard InChI is InChI=1S/C15H19N5O/c1-11-7-12(2)9-20(8-11)15(21)13-3-4-14(18-17-13)19-6-5-16-10-19/h3-6,10-12H,7-9H2,1-2H3. The largest absolute Gasteiger partial charge is 0.337 e. The Balaban J connectivity index is 1.76. The first kappa shape index (κ1) is 13.7. The Morgan fingerprint density at radius 1 is 1.19 bits per heavy atom. The fourth-order valence-electron chi connectivity index (χ4n) is 2.96. The number of carbonyl (C=O) groups is 1.